The molecule has 5 nitrogen and oxygen atoms in total. The molecule has 26 heavy (non-hydrogen) atoms. The molecule has 0 N–H and O–H groups in total. The van der Waals surface area contributed by atoms with E-state index in [0.717, 1.165) is 0 Å². The number of para-hydroxylation sites is 1. The first-order valence-electron chi connectivity index (χ1n) is 9.36. The minimum Gasteiger partial charge on any atom is -0.311 e. The van der Waals surface area contributed by atoms with Crippen molar-refractivity contribution in [2.45, 2.75) is 50.5 Å². The van der Waals surface area contributed by atoms with Crippen molar-refractivity contribution >= 4 is 31.5 Å². The SMILES string of the molecule is C[C@]1([Si](C)(C)C)CC(=O)C[C@@H]2[C@H]3C(=O)N(c4ccccc4)C(=O)N3C[C@@H]21. The van der Waals surface area contributed by atoms with E-state index in [-0.39, 0.29) is 34.6 Å². The van der Waals surface area contributed by atoms with Crippen molar-refractivity contribution in [1.82, 2.24) is 4.90 Å². The standard InChI is InChI=1S/C20H26N2O3Si/c1-20(26(2,3)4)11-14(23)10-15-16(20)12-21-17(15)18(24)22(19(21)25)13-8-6-5-7-9-13/h5-9,15-17H,10-12H2,1-4H3/t15-,16-,17-,20-/m0/s1. The highest BCUT2D eigenvalue weighted by Gasteiger charge is 2.64. The van der Waals surface area contributed by atoms with Crippen molar-refractivity contribution in [3.05, 3.63) is 30.3 Å². The van der Waals surface area contributed by atoms with E-state index in [4.69, 9.17) is 0 Å². The van der Waals surface area contributed by atoms with Gasteiger partial charge in [0.05, 0.1) is 13.8 Å². The van der Waals surface area contributed by atoms with Crippen molar-refractivity contribution in [2.24, 2.45) is 11.8 Å². The Kier molecular flexibility index (Phi) is 3.71. The highest BCUT2D eigenvalue weighted by molar-refractivity contribution is 6.79. The number of nitrogens with zero attached hydrogens (tertiary/aromatic N) is 2. The van der Waals surface area contributed by atoms with Gasteiger partial charge < -0.3 is 4.90 Å². The summed E-state index contributed by atoms with van der Waals surface area (Å²) in [6, 6.07) is 8.38. The van der Waals surface area contributed by atoms with Crippen LogP contribution in [0.5, 0.6) is 0 Å². The fourth-order valence-electron chi connectivity index (χ4n) is 5.22. The molecule has 138 valence electrons. The molecule has 2 saturated heterocycles. The van der Waals surface area contributed by atoms with Gasteiger partial charge in [-0.2, -0.15) is 0 Å². The number of urea groups is 1. The van der Waals surface area contributed by atoms with Crippen LogP contribution >= 0.6 is 0 Å². The topological polar surface area (TPSA) is 57.7 Å². The van der Waals surface area contributed by atoms with E-state index in [9.17, 15) is 14.4 Å². The Morgan fingerprint density at radius 3 is 2.35 bits per heavy atom. The molecule has 0 unspecified atom stereocenters. The third-order valence-corrected chi connectivity index (χ3v) is 11.1. The number of fused-ring (bicyclic) bond motifs is 3. The molecule has 4 atom stereocenters. The van der Waals surface area contributed by atoms with Crippen LogP contribution in [0.15, 0.2) is 30.3 Å². The maximum absolute atomic E-state index is 13.2. The fourth-order valence-corrected chi connectivity index (χ4v) is 7.37. The number of rotatable bonds is 2. The molecule has 3 aliphatic rings. The zero-order valence-corrected chi connectivity index (χ0v) is 16.9. The molecule has 1 saturated carbocycles. The normalized spacial score (nSPS) is 34.3. The lowest BCUT2D eigenvalue weighted by molar-refractivity contribution is -0.125. The highest BCUT2D eigenvalue weighted by atomic mass is 28.3. The second kappa shape index (κ2) is 5.52. The van der Waals surface area contributed by atoms with E-state index in [1.807, 2.05) is 18.2 Å². The first kappa shape index (κ1) is 17.5. The lowest BCUT2D eigenvalue weighted by atomic mass is 9.71. The summed E-state index contributed by atoms with van der Waals surface area (Å²) in [7, 11) is -1.66. The number of carbonyl (C=O) groups excluding carboxylic acids is 3. The van der Waals surface area contributed by atoms with Crippen LogP contribution in [0.3, 0.4) is 0 Å². The number of hydrogen-bond donors (Lipinski definition) is 0. The molecular weight excluding hydrogens is 344 g/mol. The summed E-state index contributed by atoms with van der Waals surface area (Å²) in [4.78, 5) is 41.8. The predicted molar refractivity (Wildman–Crippen MR) is 103 cm³/mol. The van der Waals surface area contributed by atoms with Gasteiger partial charge >= 0.3 is 6.03 Å². The number of anilines is 1. The van der Waals surface area contributed by atoms with Gasteiger partial charge in [-0.3, -0.25) is 9.59 Å². The lowest BCUT2D eigenvalue weighted by Crippen LogP contribution is -2.51. The summed E-state index contributed by atoms with van der Waals surface area (Å²) in [5.74, 6) is 0.276. The molecule has 0 bridgehead atoms. The lowest BCUT2D eigenvalue weighted by Gasteiger charge is -2.50. The van der Waals surface area contributed by atoms with E-state index in [0.29, 0.717) is 25.1 Å². The fraction of sp³-hybridized carbons (Fsp3) is 0.550. The van der Waals surface area contributed by atoms with Crippen molar-refractivity contribution in [3.8, 4) is 0 Å². The summed E-state index contributed by atoms with van der Waals surface area (Å²) >= 11 is 0. The molecule has 2 aliphatic heterocycles. The van der Waals surface area contributed by atoms with Gasteiger partial charge in [0, 0.05) is 25.3 Å². The van der Waals surface area contributed by atoms with Crippen LogP contribution in [-0.4, -0.2) is 43.3 Å². The average molecular weight is 371 g/mol. The maximum Gasteiger partial charge on any atom is 0.332 e. The molecule has 0 radical (unpaired) electrons. The number of Topliss-reactive ketones (excluding diaryl/α,β-unsaturated/α-hetero) is 1. The van der Waals surface area contributed by atoms with Crippen molar-refractivity contribution in [3.63, 3.8) is 0 Å². The molecule has 0 spiro atoms. The minimum absolute atomic E-state index is 0.0434. The van der Waals surface area contributed by atoms with Crippen LogP contribution in [-0.2, 0) is 9.59 Å². The Labute approximate surface area is 155 Å². The summed E-state index contributed by atoms with van der Waals surface area (Å²) in [6.07, 6.45) is 1.02. The van der Waals surface area contributed by atoms with Gasteiger partial charge in [0.1, 0.15) is 11.8 Å². The molecule has 4 rings (SSSR count). The van der Waals surface area contributed by atoms with E-state index >= 15 is 0 Å². The minimum atomic E-state index is -1.66. The number of hydrogen-bond acceptors (Lipinski definition) is 3. The molecule has 3 amide bonds. The Morgan fingerprint density at radius 1 is 1.08 bits per heavy atom. The Hall–Kier alpha value is -1.95. The van der Waals surface area contributed by atoms with Crippen molar-refractivity contribution in [2.75, 3.05) is 11.4 Å². The molecule has 3 fully saturated rings. The van der Waals surface area contributed by atoms with Gasteiger partial charge in [0.2, 0.25) is 0 Å². The maximum atomic E-state index is 13.2. The molecule has 6 heteroatoms. The molecule has 1 aromatic rings. The second-order valence-electron chi connectivity index (χ2n) is 9.25. The van der Waals surface area contributed by atoms with E-state index in [2.05, 4.69) is 26.6 Å². The third-order valence-electron chi connectivity index (χ3n) is 7.14. The summed E-state index contributed by atoms with van der Waals surface area (Å²) in [6.45, 7) is 9.71. The smallest absolute Gasteiger partial charge is 0.311 e. The molecule has 0 aromatic heterocycles. The van der Waals surface area contributed by atoms with Crippen LogP contribution in [0.4, 0.5) is 10.5 Å². The first-order chi connectivity index (χ1) is 12.1. The van der Waals surface area contributed by atoms with Crippen LogP contribution in [0.2, 0.25) is 24.7 Å². The van der Waals surface area contributed by atoms with Crippen LogP contribution in [0, 0.1) is 11.8 Å². The Morgan fingerprint density at radius 2 is 1.73 bits per heavy atom. The number of imide groups is 1. The van der Waals surface area contributed by atoms with Crippen molar-refractivity contribution < 1.29 is 14.4 Å². The van der Waals surface area contributed by atoms with E-state index in [1.165, 1.54) is 4.90 Å². The predicted octanol–water partition coefficient (Wildman–Crippen LogP) is 3.53. The van der Waals surface area contributed by atoms with Gasteiger partial charge in [0.25, 0.3) is 5.91 Å². The van der Waals surface area contributed by atoms with Crippen LogP contribution < -0.4 is 4.90 Å². The largest absolute Gasteiger partial charge is 0.332 e. The van der Waals surface area contributed by atoms with E-state index < -0.39 is 14.1 Å². The quantitative estimate of drug-likeness (QED) is 0.591. The highest BCUT2D eigenvalue weighted by Crippen LogP contribution is 2.59. The van der Waals surface area contributed by atoms with Crippen LogP contribution in [0.25, 0.3) is 0 Å². The summed E-state index contributed by atoms with van der Waals surface area (Å²) < 4.78 is 0. The number of carbonyl (C=O) groups is 3. The monoisotopic (exact) mass is 370 g/mol. The number of ketones is 1. The zero-order chi connectivity index (χ0) is 18.9. The molecule has 2 heterocycles. The summed E-state index contributed by atoms with van der Waals surface area (Å²) in [5, 5.41) is -0.0739. The van der Waals surface area contributed by atoms with Gasteiger partial charge in [-0.1, -0.05) is 44.8 Å². The number of benzene rings is 1. The molecule has 1 aliphatic carbocycles. The number of amides is 3. The third kappa shape index (κ3) is 2.24. The van der Waals surface area contributed by atoms with E-state index in [1.54, 1.807) is 17.0 Å². The zero-order valence-electron chi connectivity index (χ0n) is 15.9. The average Bonchev–Trinajstić information content (AvgIpc) is 3.05. The first-order valence-corrected chi connectivity index (χ1v) is 12.9. The molecule has 1 aromatic carbocycles. The van der Waals surface area contributed by atoms with Gasteiger partial charge in [-0.05, 0) is 23.1 Å². The second-order valence-corrected chi connectivity index (χ2v) is 14.9. The van der Waals surface area contributed by atoms with Gasteiger partial charge in [-0.15, -0.1) is 0 Å². The summed E-state index contributed by atoms with van der Waals surface area (Å²) in [5.41, 5.74) is 0.614. The van der Waals surface area contributed by atoms with Crippen LogP contribution in [0.1, 0.15) is 19.8 Å². The molecular formula is C20H26N2O3Si. The Balaban J connectivity index is 1.72. The van der Waals surface area contributed by atoms with Gasteiger partial charge in [0.15, 0.2) is 0 Å². The Bertz CT molecular complexity index is 788. The van der Waals surface area contributed by atoms with Gasteiger partial charge in [-0.25, -0.2) is 9.69 Å². The van der Waals surface area contributed by atoms with Crippen molar-refractivity contribution in [1.29, 1.82) is 0 Å².